The molecule has 0 saturated carbocycles. The molecule has 2 rings (SSSR count). The van der Waals surface area contributed by atoms with Gasteiger partial charge in [-0.15, -0.1) is 0 Å². The van der Waals surface area contributed by atoms with Gasteiger partial charge in [0, 0.05) is 25.5 Å². The van der Waals surface area contributed by atoms with Crippen LogP contribution in [-0.4, -0.2) is 52.7 Å². The molecule has 1 atom stereocenters. The van der Waals surface area contributed by atoms with Crippen LogP contribution in [0.25, 0.3) is 0 Å². The second kappa shape index (κ2) is 6.70. The molecule has 0 aliphatic carbocycles. The van der Waals surface area contributed by atoms with Crippen molar-refractivity contribution in [3.63, 3.8) is 0 Å². The number of carboxylic acid groups (broad SMARTS) is 1. The lowest BCUT2D eigenvalue weighted by Gasteiger charge is -2.29. The minimum Gasteiger partial charge on any atom is -0.478 e. The summed E-state index contributed by atoms with van der Waals surface area (Å²) in [6.45, 7) is 8.06. The van der Waals surface area contributed by atoms with Crippen LogP contribution in [0.5, 0.6) is 0 Å². The molecular weight excluding hydrogens is 326 g/mol. The van der Waals surface area contributed by atoms with Crippen LogP contribution in [0.15, 0.2) is 12.4 Å². The summed E-state index contributed by atoms with van der Waals surface area (Å²) in [5, 5.41) is 12.2. The number of carboxylic acids is 1. The van der Waals surface area contributed by atoms with Gasteiger partial charge in [-0.3, -0.25) is 9.78 Å². The molecule has 1 saturated heterocycles. The third-order valence-electron chi connectivity index (χ3n) is 3.90. The molecule has 2 N–H and O–H groups in total. The first kappa shape index (κ1) is 18.7. The van der Waals surface area contributed by atoms with Gasteiger partial charge in [0.25, 0.3) is 0 Å². The molecule has 136 valence electrons. The van der Waals surface area contributed by atoms with Gasteiger partial charge in [0.1, 0.15) is 11.2 Å². The van der Waals surface area contributed by atoms with E-state index in [0.29, 0.717) is 31.5 Å². The first-order valence-corrected chi connectivity index (χ1v) is 7.97. The van der Waals surface area contributed by atoms with E-state index in [4.69, 9.17) is 4.74 Å². The van der Waals surface area contributed by atoms with Crippen LogP contribution in [0.2, 0.25) is 0 Å². The van der Waals surface area contributed by atoms with Gasteiger partial charge in [-0.05, 0) is 34.1 Å². The van der Waals surface area contributed by atoms with E-state index in [9.17, 15) is 19.5 Å². The molecule has 0 radical (unpaired) electrons. The number of aromatic carboxylic acids is 1. The van der Waals surface area contributed by atoms with Crippen LogP contribution >= 0.6 is 0 Å². The van der Waals surface area contributed by atoms with E-state index < -0.39 is 23.2 Å². The summed E-state index contributed by atoms with van der Waals surface area (Å²) in [7, 11) is 0. The maximum Gasteiger partial charge on any atom is 0.408 e. The third-order valence-corrected chi connectivity index (χ3v) is 3.90. The lowest BCUT2D eigenvalue weighted by atomic mass is 10.0. The van der Waals surface area contributed by atoms with Crippen LogP contribution in [0.4, 0.5) is 10.5 Å². The maximum absolute atomic E-state index is 12.0. The Morgan fingerprint density at radius 2 is 2.08 bits per heavy atom. The Kier molecular flexibility index (Phi) is 5.01. The summed E-state index contributed by atoms with van der Waals surface area (Å²) in [6.07, 6.45) is 3.21. The second-order valence-corrected chi connectivity index (χ2v) is 7.41. The molecule has 1 amide bonds. The van der Waals surface area contributed by atoms with Gasteiger partial charge in [-0.1, -0.05) is 0 Å². The quantitative estimate of drug-likeness (QED) is 0.801. The number of hydrogen-bond donors (Lipinski definition) is 2. The smallest absolute Gasteiger partial charge is 0.408 e. The van der Waals surface area contributed by atoms with Crippen molar-refractivity contribution in [2.24, 2.45) is 0 Å². The third kappa shape index (κ3) is 4.46. The SMILES string of the molecule is CC1(NC(=O)OC(C)(C)C)CCN(c2c(C=O)cncc2C(=O)O)C1. The zero-order chi connectivity index (χ0) is 18.8. The van der Waals surface area contributed by atoms with Gasteiger partial charge in [0.05, 0.1) is 16.8 Å². The number of anilines is 1. The lowest BCUT2D eigenvalue weighted by molar-refractivity contribution is 0.0472. The number of nitrogens with zero attached hydrogens (tertiary/aromatic N) is 2. The van der Waals surface area contributed by atoms with Gasteiger partial charge in [-0.25, -0.2) is 9.59 Å². The van der Waals surface area contributed by atoms with Gasteiger partial charge >= 0.3 is 12.1 Å². The highest BCUT2D eigenvalue weighted by atomic mass is 16.6. The Balaban J connectivity index is 2.22. The summed E-state index contributed by atoms with van der Waals surface area (Å²) in [6, 6.07) is 0. The van der Waals surface area contributed by atoms with Crippen LogP contribution in [-0.2, 0) is 4.74 Å². The fourth-order valence-corrected chi connectivity index (χ4v) is 2.87. The Bertz CT molecular complexity index is 698. The Hall–Kier alpha value is -2.64. The second-order valence-electron chi connectivity index (χ2n) is 7.41. The Morgan fingerprint density at radius 3 is 2.64 bits per heavy atom. The van der Waals surface area contributed by atoms with Crippen molar-refractivity contribution in [2.75, 3.05) is 18.0 Å². The van der Waals surface area contributed by atoms with Gasteiger partial charge in [0.2, 0.25) is 0 Å². The highest BCUT2D eigenvalue weighted by Crippen LogP contribution is 2.31. The Labute approximate surface area is 146 Å². The highest BCUT2D eigenvalue weighted by Gasteiger charge is 2.38. The van der Waals surface area contributed by atoms with Crippen molar-refractivity contribution in [1.29, 1.82) is 0 Å². The van der Waals surface area contributed by atoms with Crippen molar-refractivity contribution in [3.05, 3.63) is 23.5 Å². The number of pyridine rings is 1. The van der Waals surface area contributed by atoms with Crippen molar-refractivity contribution < 1.29 is 24.2 Å². The first-order valence-electron chi connectivity index (χ1n) is 7.97. The van der Waals surface area contributed by atoms with Gasteiger partial charge in [-0.2, -0.15) is 0 Å². The number of aldehydes is 1. The number of aromatic nitrogens is 1. The largest absolute Gasteiger partial charge is 0.478 e. The van der Waals surface area contributed by atoms with Crippen LogP contribution in [0, 0.1) is 0 Å². The number of hydrogen-bond acceptors (Lipinski definition) is 6. The summed E-state index contributed by atoms with van der Waals surface area (Å²) < 4.78 is 5.28. The van der Waals surface area contributed by atoms with E-state index in [1.807, 2.05) is 6.92 Å². The lowest BCUT2D eigenvalue weighted by Crippen LogP contribution is -2.49. The van der Waals surface area contributed by atoms with E-state index in [1.165, 1.54) is 12.4 Å². The van der Waals surface area contributed by atoms with E-state index >= 15 is 0 Å². The number of amides is 1. The fraction of sp³-hybridized carbons (Fsp3) is 0.529. The molecule has 1 unspecified atom stereocenters. The van der Waals surface area contributed by atoms with Gasteiger partial charge < -0.3 is 20.1 Å². The van der Waals surface area contributed by atoms with Crippen molar-refractivity contribution in [1.82, 2.24) is 10.3 Å². The highest BCUT2D eigenvalue weighted by molar-refractivity contribution is 5.99. The molecule has 8 heteroatoms. The van der Waals surface area contributed by atoms with Crippen molar-refractivity contribution in [3.8, 4) is 0 Å². The monoisotopic (exact) mass is 349 g/mol. The van der Waals surface area contributed by atoms with Gasteiger partial charge in [0.15, 0.2) is 6.29 Å². The molecule has 1 aromatic heterocycles. The Morgan fingerprint density at radius 1 is 1.40 bits per heavy atom. The predicted molar refractivity (Wildman–Crippen MR) is 91.2 cm³/mol. The minimum atomic E-state index is -1.15. The molecule has 25 heavy (non-hydrogen) atoms. The number of alkyl carbamates (subject to hydrolysis) is 1. The summed E-state index contributed by atoms with van der Waals surface area (Å²) >= 11 is 0. The molecule has 0 spiro atoms. The minimum absolute atomic E-state index is 0.0360. The number of ether oxygens (including phenoxy) is 1. The maximum atomic E-state index is 12.0. The van der Waals surface area contributed by atoms with Crippen LogP contribution in [0.3, 0.4) is 0 Å². The van der Waals surface area contributed by atoms with E-state index in [1.54, 1.807) is 25.7 Å². The van der Waals surface area contributed by atoms with Crippen molar-refractivity contribution in [2.45, 2.75) is 45.3 Å². The number of carbonyl (C=O) groups excluding carboxylic acids is 2. The van der Waals surface area contributed by atoms with E-state index in [0.717, 1.165) is 0 Å². The van der Waals surface area contributed by atoms with E-state index in [2.05, 4.69) is 10.3 Å². The summed E-state index contributed by atoms with van der Waals surface area (Å²) in [4.78, 5) is 40.4. The standard InChI is InChI=1S/C17H23N3O5/c1-16(2,3)25-15(24)19-17(4)5-6-20(10-17)13-11(9-21)7-18-8-12(13)14(22)23/h7-9H,5-6,10H2,1-4H3,(H,19,24)(H,22,23). The summed E-state index contributed by atoms with van der Waals surface area (Å²) in [5.74, 6) is -1.15. The van der Waals surface area contributed by atoms with Crippen LogP contribution < -0.4 is 10.2 Å². The molecule has 2 heterocycles. The predicted octanol–water partition coefficient (Wildman–Crippen LogP) is 2.09. The topological polar surface area (TPSA) is 109 Å². The normalized spacial score (nSPS) is 20.2. The molecule has 1 fully saturated rings. The molecule has 1 aliphatic rings. The molecule has 0 bridgehead atoms. The first-order chi connectivity index (χ1) is 11.5. The number of carbonyl (C=O) groups is 3. The zero-order valence-electron chi connectivity index (χ0n) is 14.8. The zero-order valence-corrected chi connectivity index (χ0v) is 14.8. The van der Waals surface area contributed by atoms with E-state index in [-0.39, 0.29) is 11.1 Å². The average molecular weight is 349 g/mol. The van der Waals surface area contributed by atoms with Crippen molar-refractivity contribution >= 4 is 24.0 Å². The number of nitrogens with one attached hydrogen (secondary N) is 1. The molecule has 0 aromatic carbocycles. The molecule has 1 aliphatic heterocycles. The summed E-state index contributed by atoms with van der Waals surface area (Å²) in [5.41, 5.74) is -0.702. The average Bonchev–Trinajstić information content (AvgIpc) is 2.85. The molecular formula is C17H23N3O5. The molecule has 1 aromatic rings. The fourth-order valence-electron chi connectivity index (χ4n) is 2.87. The molecule has 8 nitrogen and oxygen atoms in total. The van der Waals surface area contributed by atoms with Crippen LogP contribution in [0.1, 0.15) is 54.8 Å². The number of rotatable bonds is 4.